The van der Waals surface area contributed by atoms with Gasteiger partial charge in [0.1, 0.15) is 5.52 Å². The first-order chi connectivity index (χ1) is 8.86. The van der Waals surface area contributed by atoms with Crippen molar-refractivity contribution in [1.29, 1.82) is 0 Å². The maximum Gasteiger partial charge on any atom is 0.295 e. The van der Waals surface area contributed by atoms with Crippen LogP contribution in [0.5, 0.6) is 0 Å². The molecule has 4 nitrogen and oxygen atoms in total. The van der Waals surface area contributed by atoms with Gasteiger partial charge < -0.3 is 9.73 Å². The van der Waals surface area contributed by atoms with Crippen molar-refractivity contribution in [2.75, 3.05) is 25.0 Å². The first-order valence-electron chi connectivity index (χ1n) is 6.70. The second-order valence-electron chi connectivity index (χ2n) is 4.77. The zero-order valence-electron chi connectivity index (χ0n) is 10.7. The fraction of sp³-hybridized carbons (Fsp3) is 0.500. The van der Waals surface area contributed by atoms with Crippen LogP contribution >= 0.6 is 0 Å². The molecule has 1 fully saturated rings. The predicted molar refractivity (Wildman–Crippen MR) is 72.8 cm³/mol. The van der Waals surface area contributed by atoms with Crippen LogP contribution in [0.1, 0.15) is 19.8 Å². The summed E-state index contributed by atoms with van der Waals surface area (Å²) in [6.45, 7) is 5.29. The Bertz CT molecular complexity index is 485. The maximum atomic E-state index is 5.62. The molecule has 1 heterocycles. The van der Waals surface area contributed by atoms with Crippen LogP contribution in [0.4, 0.5) is 6.01 Å². The van der Waals surface area contributed by atoms with Gasteiger partial charge in [0.25, 0.3) is 6.01 Å². The molecule has 4 heteroatoms. The first-order valence-corrected chi connectivity index (χ1v) is 6.70. The Balaban J connectivity index is 1.55. The van der Waals surface area contributed by atoms with Crippen molar-refractivity contribution in [2.45, 2.75) is 25.8 Å². The van der Waals surface area contributed by atoms with Gasteiger partial charge in [-0.3, -0.25) is 4.90 Å². The van der Waals surface area contributed by atoms with E-state index in [-0.39, 0.29) is 0 Å². The van der Waals surface area contributed by atoms with Gasteiger partial charge in [-0.05, 0) is 31.5 Å². The molecular weight excluding hydrogens is 226 g/mol. The number of fused-ring (bicyclic) bond motifs is 1. The zero-order chi connectivity index (χ0) is 12.4. The Kier molecular flexibility index (Phi) is 3.19. The van der Waals surface area contributed by atoms with Crippen LogP contribution in [-0.2, 0) is 0 Å². The average Bonchev–Trinajstić information content (AvgIpc) is 3.14. The molecule has 0 aliphatic heterocycles. The van der Waals surface area contributed by atoms with Gasteiger partial charge in [-0.2, -0.15) is 4.98 Å². The van der Waals surface area contributed by atoms with Crippen LogP contribution in [0.3, 0.4) is 0 Å². The normalized spacial score (nSPS) is 15.4. The van der Waals surface area contributed by atoms with Crippen molar-refractivity contribution in [3.05, 3.63) is 24.3 Å². The lowest BCUT2D eigenvalue weighted by Gasteiger charge is -2.19. The number of hydrogen-bond donors (Lipinski definition) is 1. The lowest BCUT2D eigenvalue weighted by atomic mass is 10.3. The van der Waals surface area contributed by atoms with E-state index in [0.717, 1.165) is 36.8 Å². The molecule has 0 saturated heterocycles. The van der Waals surface area contributed by atoms with Crippen LogP contribution in [0.2, 0.25) is 0 Å². The van der Waals surface area contributed by atoms with E-state index in [1.54, 1.807) is 0 Å². The molecule has 0 atom stereocenters. The fourth-order valence-electron chi connectivity index (χ4n) is 2.29. The molecule has 0 radical (unpaired) electrons. The number of oxazole rings is 1. The fourth-order valence-corrected chi connectivity index (χ4v) is 2.29. The summed E-state index contributed by atoms with van der Waals surface area (Å²) >= 11 is 0. The summed E-state index contributed by atoms with van der Waals surface area (Å²) in [4.78, 5) is 6.91. The molecule has 0 unspecified atom stereocenters. The van der Waals surface area contributed by atoms with E-state index in [0.29, 0.717) is 6.01 Å². The molecule has 0 spiro atoms. The molecule has 2 aromatic rings. The first kappa shape index (κ1) is 11.5. The molecular formula is C14H19N3O. The number of aromatic nitrogens is 1. The number of nitrogens with one attached hydrogen (secondary N) is 1. The van der Waals surface area contributed by atoms with E-state index in [9.17, 15) is 0 Å². The summed E-state index contributed by atoms with van der Waals surface area (Å²) in [5.41, 5.74) is 1.75. The third-order valence-corrected chi connectivity index (χ3v) is 3.44. The van der Waals surface area contributed by atoms with E-state index in [1.807, 2.05) is 24.3 Å². The number of hydrogen-bond acceptors (Lipinski definition) is 4. The Hall–Kier alpha value is -1.55. The molecule has 1 aliphatic rings. The van der Waals surface area contributed by atoms with Crippen molar-refractivity contribution < 1.29 is 4.42 Å². The monoisotopic (exact) mass is 245 g/mol. The smallest absolute Gasteiger partial charge is 0.295 e. The molecule has 18 heavy (non-hydrogen) atoms. The van der Waals surface area contributed by atoms with E-state index in [2.05, 4.69) is 22.1 Å². The predicted octanol–water partition coefficient (Wildman–Crippen LogP) is 2.72. The highest BCUT2D eigenvalue weighted by Crippen LogP contribution is 2.26. The average molecular weight is 245 g/mol. The highest BCUT2D eigenvalue weighted by molar-refractivity contribution is 5.74. The van der Waals surface area contributed by atoms with Gasteiger partial charge in [-0.15, -0.1) is 0 Å². The molecule has 3 rings (SSSR count). The van der Waals surface area contributed by atoms with Crippen molar-refractivity contribution in [3.8, 4) is 0 Å². The van der Waals surface area contributed by atoms with E-state index in [4.69, 9.17) is 4.42 Å². The molecule has 1 saturated carbocycles. The standard InChI is InChI=1S/C14H19N3O/c1-2-17(11-7-8-11)10-9-15-14-16-12-5-3-4-6-13(12)18-14/h3-6,11H,2,7-10H2,1H3,(H,15,16). The lowest BCUT2D eigenvalue weighted by molar-refractivity contribution is 0.288. The number of rotatable bonds is 6. The van der Waals surface area contributed by atoms with Crippen molar-refractivity contribution >= 4 is 17.1 Å². The topological polar surface area (TPSA) is 41.3 Å². The Labute approximate surface area is 107 Å². The van der Waals surface area contributed by atoms with Gasteiger partial charge in [0.05, 0.1) is 0 Å². The van der Waals surface area contributed by atoms with Gasteiger partial charge in [0, 0.05) is 19.1 Å². The molecule has 1 aliphatic carbocycles. The minimum atomic E-state index is 0.628. The van der Waals surface area contributed by atoms with Crippen LogP contribution < -0.4 is 5.32 Å². The zero-order valence-corrected chi connectivity index (χ0v) is 10.7. The van der Waals surface area contributed by atoms with E-state index >= 15 is 0 Å². The Morgan fingerprint density at radius 3 is 2.94 bits per heavy atom. The second kappa shape index (κ2) is 4.98. The quantitative estimate of drug-likeness (QED) is 0.849. The summed E-state index contributed by atoms with van der Waals surface area (Å²) < 4.78 is 5.62. The Morgan fingerprint density at radius 1 is 1.39 bits per heavy atom. The largest absolute Gasteiger partial charge is 0.424 e. The van der Waals surface area contributed by atoms with Crippen molar-refractivity contribution in [1.82, 2.24) is 9.88 Å². The lowest BCUT2D eigenvalue weighted by Crippen LogP contribution is -2.30. The summed E-state index contributed by atoms with van der Waals surface area (Å²) in [6, 6.07) is 9.29. The Morgan fingerprint density at radius 2 is 2.22 bits per heavy atom. The highest BCUT2D eigenvalue weighted by atomic mass is 16.4. The summed E-state index contributed by atoms with van der Waals surface area (Å²) in [5.74, 6) is 0. The van der Waals surface area contributed by atoms with Crippen LogP contribution in [0.15, 0.2) is 28.7 Å². The van der Waals surface area contributed by atoms with E-state index in [1.165, 1.54) is 12.8 Å². The van der Waals surface area contributed by atoms with Crippen LogP contribution in [-0.4, -0.2) is 35.6 Å². The molecule has 1 aromatic carbocycles. The molecule has 1 N–H and O–H groups in total. The summed E-state index contributed by atoms with van der Waals surface area (Å²) in [7, 11) is 0. The number of nitrogens with zero attached hydrogens (tertiary/aromatic N) is 2. The number of para-hydroxylation sites is 2. The number of likely N-dealkylation sites (N-methyl/N-ethyl adjacent to an activating group) is 1. The third-order valence-electron chi connectivity index (χ3n) is 3.44. The minimum absolute atomic E-state index is 0.628. The van der Waals surface area contributed by atoms with Gasteiger partial charge >= 0.3 is 0 Å². The molecule has 0 amide bonds. The van der Waals surface area contributed by atoms with Crippen LogP contribution in [0.25, 0.3) is 11.1 Å². The third kappa shape index (κ3) is 2.48. The molecule has 96 valence electrons. The summed E-state index contributed by atoms with van der Waals surface area (Å²) in [5, 5.41) is 3.26. The summed E-state index contributed by atoms with van der Waals surface area (Å²) in [6.07, 6.45) is 2.72. The SMILES string of the molecule is CCN(CCNc1nc2ccccc2o1)C1CC1. The maximum absolute atomic E-state index is 5.62. The van der Waals surface area contributed by atoms with Gasteiger partial charge in [0.2, 0.25) is 0 Å². The minimum Gasteiger partial charge on any atom is -0.424 e. The number of anilines is 1. The van der Waals surface area contributed by atoms with Gasteiger partial charge in [0.15, 0.2) is 5.58 Å². The van der Waals surface area contributed by atoms with Crippen molar-refractivity contribution in [2.24, 2.45) is 0 Å². The van der Waals surface area contributed by atoms with Gasteiger partial charge in [-0.1, -0.05) is 19.1 Å². The highest BCUT2D eigenvalue weighted by Gasteiger charge is 2.27. The van der Waals surface area contributed by atoms with Crippen LogP contribution in [0, 0.1) is 0 Å². The van der Waals surface area contributed by atoms with Gasteiger partial charge in [-0.25, -0.2) is 0 Å². The van der Waals surface area contributed by atoms with E-state index < -0.39 is 0 Å². The molecule has 1 aromatic heterocycles. The molecule has 0 bridgehead atoms. The number of benzene rings is 1. The van der Waals surface area contributed by atoms with Crippen molar-refractivity contribution in [3.63, 3.8) is 0 Å². The second-order valence-corrected chi connectivity index (χ2v) is 4.77.